The lowest BCUT2D eigenvalue weighted by atomic mass is 10.2. The number of anilines is 2. The molecule has 0 unspecified atom stereocenters. The first-order chi connectivity index (χ1) is 12.6. The van der Waals surface area contributed by atoms with Crippen LogP contribution in [0.2, 0.25) is 0 Å². The molecule has 26 heavy (non-hydrogen) atoms. The molecule has 1 aliphatic carbocycles. The van der Waals surface area contributed by atoms with Crippen molar-refractivity contribution in [1.82, 2.24) is 19.9 Å². The number of hydrogen-bond donors (Lipinski definition) is 3. The molecule has 0 spiro atoms. The normalized spacial score (nSPS) is 13.6. The second kappa shape index (κ2) is 6.55. The van der Waals surface area contributed by atoms with Crippen LogP contribution in [0.1, 0.15) is 35.9 Å². The number of pyridine rings is 2. The number of H-pyrrole nitrogens is 1. The van der Waals surface area contributed by atoms with E-state index in [9.17, 15) is 9.59 Å². The quantitative estimate of drug-likeness (QED) is 0.654. The number of aromatic amines is 1. The Hall–Kier alpha value is -3.29. The molecule has 2 amide bonds. The number of amides is 2. The van der Waals surface area contributed by atoms with Crippen LogP contribution in [0.5, 0.6) is 0 Å². The van der Waals surface area contributed by atoms with Gasteiger partial charge in [0.2, 0.25) is 5.91 Å². The van der Waals surface area contributed by atoms with Gasteiger partial charge in [-0.25, -0.2) is 15.0 Å². The highest BCUT2D eigenvalue weighted by Crippen LogP contribution is 2.32. The molecule has 0 radical (unpaired) electrons. The van der Waals surface area contributed by atoms with Gasteiger partial charge in [-0.05, 0) is 37.0 Å². The summed E-state index contributed by atoms with van der Waals surface area (Å²) in [6.45, 7) is 1.42. The predicted octanol–water partition coefficient (Wildman–Crippen LogP) is 2.52. The molecular formula is C18H18N6O2. The number of aromatic nitrogens is 4. The summed E-state index contributed by atoms with van der Waals surface area (Å²) in [5.74, 6) is 1.49. The van der Waals surface area contributed by atoms with E-state index in [-0.39, 0.29) is 11.8 Å². The Morgan fingerprint density at radius 2 is 2.04 bits per heavy atom. The largest absolute Gasteiger partial charge is 0.340 e. The fourth-order valence-electron chi connectivity index (χ4n) is 2.77. The van der Waals surface area contributed by atoms with Crippen LogP contribution < -0.4 is 10.6 Å². The van der Waals surface area contributed by atoms with Crippen LogP contribution in [-0.2, 0) is 11.2 Å². The Labute approximate surface area is 149 Å². The van der Waals surface area contributed by atoms with E-state index in [2.05, 4.69) is 30.6 Å². The molecule has 1 aliphatic rings. The van der Waals surface area contributed by atoms with E-state index in [1.54, 1.807) is 24.4 Å². The van der Waals surface area contributed by atoms with Crippen molar-refractivity contribution in [1.29, 1.82) is 0 Å². The van der Waals surface area contributed by atoms with Crippen LogP contribution in [0.15, 0.2) is 30.6 Å². The lowest BCUT2D eigenvalue weighted by Crippen LogP contribution is -2.14. The monoisotopic (exact) mass is 350 g/mol. The van der Waals surface area contributed by atoms with Gasteiger partial charge in [0.1, 0.15) is 11.6 Å². The van der Waals surface area contributed by atoms with Gasteiger partial charge in [0, 0.05) is 19.5 Å². The standard InChI is InChI=1S/C18H18N6O2/c1-10(25)21-12-4-5-14(20-9-12)24-18(26)13-6-7-19-17-16(13)22-15(23-17)8-11-2-3-11/h4-7,9,11H,2-3,8H2,1H3,(H,21,25)(H,19,22,23)(H,20,24,26). The van der Waals surface area contributed by atoms with Gasteiger partial charge < -0.3 is 15.6 Å². The highest BCUT2D eigenvalue weighted by atomic mass is 16.2. The van der Waals surface area contributed by atoms with Crippen molar-refractivity contribution in [2.24, 2.45) is 5.92 Å². The van der Waals surface area contributed by atoms with E-state index in [1.807, 2.05) is 0 Å². The zero-order valence-electron chi connectivity index (χ0n) is 14.2. The summed E-state index contributed by atoms with van der Waals surface area (Å²) in [4.78, 5) is 39.8. The smallest absolute Gasteiger partial charge is 0.259 e. The third-order valence-corrected chi connectivity index (χ3v) is 4.19. The Bertz CT molecular complexity index is 975. The fourth-order valence-corrected chi connectivity index (χ4v) is 2.77. The summed E-state index contributed by atoms with van der Waals surface area (Å²) >= 11 is 0. The van der Waals surface area contributed by atoms with E-state index in [4.69, 9.17) is 0 Å². The average molecular weight is 350 g/mol. The molecule has 3 aromatic heterocycles. The first-order valence-electron chi connectivity index (χ1n) is 8.47. The summed E-state index contributed by atoms with van der Waals surface area (Å²) in [6, 6.07) is 4.96. The fraction of sp³-hybridized carbons (Fsp3) is 0.278. The number of fused-ring (bicyclic) bond motifs is 1. The average Bonchev–Trinajstić information content (AvgIpc) is 3.31. The minimum Gasteiger partial charge on any atom is -0.340 e. The SMILES string of the molecule is CC(=O)Nc1ccc(NC(=O)c2ccnc3nc(CC4CC4)[nH]c23)nc1. The first-order valence-corrected chi connectivity index (χ1v) is 8.47. The Balaban J connectivity index is 1.53. The molecule has 3 heterocycles. The summed E-state index contributed by atoms with van der Waals surface area (Å²) < 4.78 is 0. The van der Waals surface area contributed by atoms with Gasteiger partial charge >= 0.3 is 0 Å². The zero-order valence-corrected chi connectivity index (χ0v) is 14.2. The van der Waals surface area contributed by atoms with Gasteiger partial charge in [-0.2, -0.15) is 0 Å². The number of nitrogens with one attached hydrogen (secondary N) is 3. The molecule has 8 heteroatoms. The number of rotatable bonds is 5. The van der Waals surface area contributed by atoms with Crippen LogP contribution >= 0.6 is 0 Å². The number of nitrogens with zero attached hydrogens (tertiary/aromatic N) is 3. The van der Waals surface area contributed by atoms with Gasteiger partial charge in [-0.1, -0.05) is 0 Å². The molecular weight excluding hydrogens is 332 g/mol. The third-order valence-electron chi connectivity index (χ3n) is 4.19. The maximum absolute atomic E-state index is 12.6. The maximum atomic E-state index is 12.6. The van der Waals surface area contributed by atoms with Crippen molar-refractivity contribution >= 4 is 34.5 Å². The predicted molar refractivity (Wildman–Crippen MR) is 96.8 cm³/mol. The molecule has 0 aliphatic heterocycles. The van der Waals surface area contributed by atoms with Crippen LogP contribution in [0.25, 0.3) is 11.2 Å². The first kappa shape index (κ1) is 16.2. The molecule has 0 atom stereocenters. The summed E-state index contributed by atoms with van der Waals surface area (Å²) in [5, 5.41) is 5.38. The lowest BCUT2D eigenvalue weighted by molar-refractivity contribution is -0.114. The highest BCUT2D eigenvalue weighted by Gasteiger charge is 2.24. The molecule has 1 fully saturated rings. The van der Waals surface area contributed by atoms with Gasteiger partial charge in [-0.15, -0.1) is 0 Å². The summed E-state index contributed by atoms with van der Waals surface area (Å²) in [6.07, 6.45) is 6.43. The van der Waals surface area contributed by atoms with Crippen LogP contribution in [0, 0.1) is 5.92 Å². The Kier molecular flexibility index (Phi) is 4.08. The highest BCUT2D eigenvalue weighted by molar-refractivity contribution is 6.10. The molecule has 8 nitrogen and oxygen atoms in total. The lowest BCUT2D eigenvalue weighted by Gasteiger charge is -2.06. The molecule has 0 bridgehead atoms. The molecule has 132 valence electrons. The van der Waals surface area contributed by atoms with Gasteiger partial charge in [0.15, 0.2) is 5.65 Å². The van der Waals surface area contributed by atoms with E-state index < -0.39 is 0 Å². The Morgan fingerprint density at radius 1 is 1.19 bits per heavy atom. The number of carbonyl (C=O) groups excluding carboxylic acids is 2. The van der Waals surface area contributed by atoms with Crippen LogP contribution in [0.3, 0.4) is 0 Å². The van der Waals surface area contributed by atoms with E-state index >= 15 is 0 Å². The van der Waals surface area contributed by atoms with Crippen molar-refractivity contribution in [3.8, 4) is 0 Å². The Morgan fingerprint density at radius 3 is 2.73 bits per heavy atom. The second-order valence-electron chi connectivity index (χ2n) is 6.46. The summed E-state index contributed by atoms with van der Waals surface area (Å²) in [7, 11) is 0. The van der Waals surface area contributed by atoms with Crippen LogP contribution in [0.4, 0.5) is 11.5 Å². The molecule has 1 saturated carbocycles. The summed E-state index contributed by atoms with van der Waals surface area (Å²) in [5.41, 5.74) is 2.22. The third kappa shape index (κ3) is 3.53. The van der Waals surface area contributed by atoms with Gasteiger partial charge in [-0.3, -0.25) is 9.59 Å². The minimum absolute atomic E-state index is 0.177. The number of imidazole rings is 1. The number of hydrogen-bond acceptors (Lipinski definition) is 5. The van der Waals surface area contributed by atoms with Crippen molar-refractivity contribution in [2.45, 2.75) is 26.2 Å². The van der Waals surface area contributed by atoms with E-state index in [0.29, 0.717) is 34.2 Å². The molecule has 0 saturated heterocycles. The van der Waals surface area contributed by atoms with Gasteiger partial charge in [0.05, 0.1) is 23.0 Å². The number of carbonyl (C=O) groups is 2. The maximum Gasteiger partial charge on any atom is 0.259 e. The molecule has 3 aromatic rings. The van der Waals surface area contributed by atoms with Crippen LogP contribution in [-0.4, -0.2) is 31.8 Å². The van der Waals surface area contributed by atoms with E-state index in [1.165, 1.54) is 26.0 Å². The minimum atomic E-state index is -0.293. The molecule has 3 N–H and O–H groups in total. The van der Waals surface area contributed by atoms with E-state index in [0.717, 1.165) is 12.2 Å². The topological polar surface area (TPSA) is 113 Å². The second-order valence-corrected chi connectivity index (χ2v) is 6.46. The van der Waals surface area contributed by atoms with Crippen molar-refractivity contribution in [3.63, 3.8) is 0 Å². The zero-order chi connectivity index (χ0) is 18.1. The van der Waals surface area contributed by atoms with Gasteiger partial charge in [0.25, 0.3) is 5.91 Å². The van der Waals surface area contributed by atoms with Crippen molar-refractivity contribution < 1.29 is 9.59 Å². The van der Waals surface area contributed by atoms with Crippen molar-refractivity contribution in [2.75, 3.05) is 10.6 Å². The van der Waals surface area contributed by atoms with Crippen molar-refractivity contribution in [3.05, 3.63) is 42.0 Å². The molecule has 4 rings (SSSR count). The molecule has 0 aromatic carbocycles.